The van der Waals surface area contributed by atoms with Gasteiger partial charge in [-0.3, -0.25) is 10.1 Å². The summed E-state index contributed by atoms with van der Waals surface area (Å²) in [6, 6.07) is 14.9. The van der Waals surface area contributed by atoms with Crippen molar-refractivity contribution in [2.24, 2.45) is 0 Å². The van der Waals surface area contributed by atoms with Crippen molar-refractivity contribution in [2.45, 2.75) is 17.2 Å². The van der Waals surface area contributed by atoms with Crippen molar-refractivity contribution in [1.29, 1.82) is 0 Å². The van der Waals surface area contributed by atoms with E-state index in [2.05, 4.69) is 10.6 Å². The summed E-state index contributed by atoms with van der Waals surface area (Å²) in [6.07, 6.45) is 0. The number of imide groups is 1. The minimum Gasteiger partial charge on any atom is -0.497 e. The van der Waals surface area contributed by atoms with Gasteiger partial charge in [0.15, 0.2) is 0 Å². The van der Waals surface area contributed by atoms with E-state index in [1.54, 1.807) is 21.1 Å². The molecule has 3 amide bonds. The highest BCUT2D eigenvalue weighted by atomic mass is 32.2. The summed E-state index contributed by atoms with van der Waals surface area (Å²) in [7, 11) is 4.65. The van der Waals surface area contributed by atoms with E-state index in [-0.39, 0.29) is 0 Å². The lowest BCUT2D eigenvalue weighted by molar-refractivity contribution is -0.119. The Hall–Kier alpha value is -3.26. The molecule has 0 aliphatic rings. The standard InChI is InChI=1S/C22H23N3O4S/c1-13(21(26)25-22(27)23-2)30-19-12-16(14-8-6-5-7-9-14)20-17(24-19)10-15(28-3)11-18(20)29-4/h5-13H,1-4H3,(H2,23,25,26,27). The Morgan fingerprint density at radius 3 is 2.43 bits per heavy atom. The molecule has 1 heterocycles. The highest BCUT2D eigenvalue weighted by molar-refractivity contribution is 8.00. The minimum absolute atomic E-state index is 0.397. The molecular formula is C22H23N3O4S. The van der Waals surface area contributed by atoms with Crippen LogP contribution in [0.4, 0.5) is 4.79 Å². The maximum absolute atomic E-state index is 12.3. The zero-order valence-corrected chi connectivity index (χ0v) is 18.0. The molecule has 156 valence electrons. The predicted molar refractivity (Wildman–Crippen MR) is 118 cm³/mol. The van der Waals surface area contributed by atoms with Crippen LogP contribution in [-0.2, 0) is 4.79 Å². The lowest BCUT2D eigenvalue weighted by Gasteiger charge is -2.16. The number of pyridine rings is 1. The van der Waals surface area contributed by atoms with E-state index >= 15 is 0 Å². The molecule has 2 aromatic carbocycles. The van der Waals surface area contributed by atoms with Crippen LogP contribution in [0.25, 0.3) is 22.0 Å². The van der Waals surface area contributed by atoms with Crippen LogP contribution in [0.15, 0.2) is 53.6 Å². The number of aromatic nitrogens is 1. The van der Waals surface area contributed by atoms with Crippen molar-refractivity contribution in [3.8, 4) is 22.6 Å². The largest absolute Gasteiger partial charge is 0.497 e. The Morgan fingerprint density at radius 2 is 1.80 bits per heavy atom. The summed E-state index contributed by atoms with van der Waals surface area (Å²) in [6.45, 7) is 1.73. The van der Waals surface area contributed by atoms with Gasteiger partial charge in [-0.25, -0.2) is 9.78 Å². The number of fused-ring (bicyclic) bond motifs is 1. The molecule has 1 aromatic heterocycles. The Kier molecular flexibility index (Phi) is 6.79. The number of thioether (sulfide) groups is 1. The number of carbonyl (C=O) groups excluding carboxylic acids is 2. The second-order valence-electron chi connectivity index (χ2n) is 6.43. The number of ether oxygens (including phenoxy) is 2. The van der Waals surface area contributed by atoms with Gasteiger partial charge in [0.2, 0.25) is 5.91 Å². The van der Waals surface area contributed by atoms with Gasteiger partial charge in [-0.2, -0.15) is 0 Å². The molecule has 0 radical (unpaired) electrons. The Bertz CT molecular complexity index is 1070. The maximum atomic E-state index is 12.3. The molecule has 0 aliphatic carbocycles. The summed E-state index contributed by atoms with van der Waals surface area (Å²) >= 11 is 1.27. The summed E-state index contributed by atoms with van der Waals surface area (Å²) in [4.78, 5) is 28.4. The first-order valence-corrected chi connectivity index (χ1v) is 10.2. The van der Waals surface area contributed by atoms with Crippen LogP contribution in [0.5, 0.6) is 11.5 Å². The lowest BCUT2D eigenvalue weighted by atomic mass is 10.0. The van der Waals surface area contributed by atoms with E-state index < -0.39 is 17.2 Å². The fourth-order valence-corrected chi connectivity index (χ4v) is 3.84. The highest BCUT2D eigenvalue weighted by Gasteiger charge is 2.20. The van der Waals surface area contributed by atoms with Gasteiger partial charge >= 0.3 is 6.03 Å². The van der Waals surface area contributed by atoms with Crippen LogP contribution in [0, 0.1) is 0 Å². The van der Waals surface area contributed by atoms with Crippen LogP contribution < -0.4 is 20.1 Å². The van der Waals surface area contributed by atoms with Gasteiger partial charge in [0.05, 0.1) is 35.4 Å². The smallest absolute Gasteiger partial charge is 0.321 e. The third-order valence-electron chi connectivity index (χ3n) is 4.49. The van der Waals surface area contributed by atoms with E-state index in [9.17, 15) is 9.59 Å². The number of carbonyl (C=O) groups is 2. The number of nitrogens with zero attached hydrogens (tertiary/aromatic N) is 1. The zero-order valence-electron chi connectivity index (χ0n) is 17.2. The number of nitrogens with one attached hydrogen (secondary N) is 2. The highest BCUT2D eigenvalue weighted by Crippen LogP contribution is 2.40. The first-order chi connectivity index (χ1) is 14.5. The van der Waals surface area contributed by atoms with E-state index in [4.69, 9.17) is 14.5 Å². The molecule has 3 aromatic rings. The Labute approximate surface area is 179 Å². The molecule has 8 heteroatoms. The van der Waals surface area contributed by atoms with Gasteiger partial charge in [-0.1, -0.05) is 42.1 Å². The van der Waals surface area contributed by atoms with Crippen molar-refractivity contribution in [3.63, 3.8) is 0 Å². The fraction of sp³-hybridized carbons (Fsp3) is 0.227. The number of benzene rings is 2. The number of hydrogen-bond donors (Lipinski definition) is 2. The molecule has 2 N–H and O–H groups in total. The molecule has 0 saturated heterocycles. The molecule has 1 atom stereocenters. The topological polar surface area (TPSA) is 89.6 Å². The Morgan fingerprint density at radius 1 is 1.07 bits per heavy atom. The first-order valence-electron chi connectivity index (χ1n) is 9.28. The first kappa shape index (κ1) is 21.4. The lowest BCUT2D eigenvalue weighted by Crippen LogP contribution is -2.41. The summed E-state index contributed by atoms with van der Waals surface area (Å²) in [5, 5.41) is 5.65. The van der Waals surface area contributed by atoms with Gasteiger partial charge in [0, 0.05) is 19.2 Å². The maximum Gasteiger partial charge on any atom is 0.321 e. The molecule has 0 saturated carbocycles. The predicted octanol–water partition coefficient (Wildman–Crippen LogP) is 3.86. The average molecular weight is 426 g/mol. The third kappa shape index (κ3) is 4.65. The molecule has 3 rings (SSSR count). The van der Waals surface area contributed by atoms with Gasteiger partial charge in [-0.15, -0.1) is 0 Å². The van der Waals surface area contributed by atoms with Gasteiger partial charge in [0.1, 0.15) is 11.5 Å². The van der Waals surface area contributed by atoms with Crippen LogP contribution in [0.3, 0.4) is 0 Å². The third-order valence-corrected chi connectivity index (χ3v) is 5.51. The van der Waals surface area contributed by atoms with Crippen molar-refractivity contribution >= 4 is 34.6 Å². The summed E-state index contributed by atoms with van der Waals surface area (Å²) < 4.78 is 11.0. The van der Waals surface area contributed by atoms with Crippen LogP contribution in [-0.4, -0.2) is 43.4 Å². The number of methoxy groups -OCH3 is 2. The van der Waals surface area contributed by atoms with Crippen LogP contribution in [0.1, 0.15) is 6.92 Å². The number of urea groups is 1. The Balaban J connectivity index is 2.10. The molecule has 30 heavy (non-hydrogen) atoms. The number of amides is 3. The molecule has 0 bridgehead atoms. The van der Waals surface area contributed by atoms with Crippen molar-refractivity contribution in [2.75, 3.05) is 21.3 Å². The SMILES string of the molecule is CNC(=O)NC(=O)C(C)Sc1cc(-c2ccccc2)c2c(OC)cc(OC)cc2n1. The van der Waals surface area contributed by atoms with Crippen LogP contribution >= 0.6 is 11.8 Å². The fourth-order valence-electron chi connectivity index (χ4n) is 2.98. The zero-order chi connectivity index (χ0) is 21.7. The average Bonchev–Trinajstić information content (AvgIpc) is 2.77. The van der Waals surface area contributed by atoms with Gasteiger partial charge in [-0.05, 0) is 24.1 Å². The molecule has 0 aliphatic heterocycles. The molecule has 7 nitrogen and oxygen atoms in total. The van der Waals surface area contributed by atoms with Gasteiger partial charge in [0.25, 0.3) is 0 Å². The molecule has 0 spiro atoms. The second kappa shape index (κ2) is 9.49. The second-order valence-corrected chi connectivity index (χ2v) is 7.79. The van der Waals surface area contributed by atoms with E-state index in [1.165, 1.54) is 18.8 Å². The molecule has 1 unspecified atom stereocenters. The van der Waals surface area contributed by atoms with E-state index in [0.29, 0.717) is 22.0 Å². The van der Waals surface area contributed by atoms with Crippen LogP contribution in [0.2, 0.25) is 0 Å². The molecular weight excluding hydrogens is 402 g/mol. The quantitative estimate of drug-likeness (QED) is 0.583. The summed E-state index contributed by atoms with van der Waals surface area (Å²) in [5.41, 5.74) is 2.62. The van der Waals surface area contributed by atoms with Crippen molar-refractivity contribution < 1.29 is 19.1 Å². The van der Waals surface area contributed by atoms with Crippen molar-refractivity contribution in [1.82, 2.24) is 15.6 Å². The molecule has 0 fully saturated rings. The van der Waals surface area contributed by atoms with Crippen molar-refractivity contribution in [3.05, 3.63) is 48.5 Å². The van der Waals surface area contributed by atoms with E-state index in [1.807, 2.05) is 48.5 Å². The normalized spacial score (nSPS) is 11.6. The van der Waals surface area contributed by atoms with E-state index in [0.717, 1.165) is 16.5 Å². The summed E-state index contributed by atoms with van der Waals surface area (Å²) in [5.74, 6) is 0.877. The minimum atomic E-state index is -0.543. The monoisotopic (exact) mass is 425 g/mol. The number of rotatable bonds is 6. The number of hydrogen-bond acceptors (Lipinski definition) is 6. The van der Waals surface area contributed by atoms with Gasteiger partial charge < -0.3 is 14.8 Å².